The van der Waals surface area contributed by atoms with E-state index in [9.17, 15) is 4.79 Å². The van der Waals surface area contributed by atoms with Gasteiger partial charge in [-0.3, -0.25) is 4.98 Å². The fourth-order valence-corrected chi connectivity index (χ4v) is 4.45. The summed E-state index contributed by atoms with van der Waals surface area (Å²) in [6, 6.07) is 4.18. The maximum atomic E-state index is 12.8. The second-order valence-electron chi connectivity index (χ2n) is 8.39. The van der Waals surface area contributed by atoms with Crippen LogP contribution in [0.25, 0.3) is 10.9 Å². The number of anilines is 1. The second-order valence-corrected chi connectivity index (χ2v) is 8.39. The summed E-state index contributed by atoms with van der Waals surface area (Å²) in [5.74, 6) is 1.16. The lowest BCUT2D eigenvalue weighted by molar-refractivity contribution is 0.0526. The van der Waals surface area contributed by atoms with Gasteiger partial charge in [0.15, 0.2) is 0 Å². The van der Waals surface area contributed by atoms with Crippen LogP contribution in [0.1, 0.15) is 65.4 Å². The fraction of sp³-hybridized carbons (Fsp3) is 0.458. The minimum Gasteiger partial charge on any atom is -0.462 e. The molecular weight excluding hydrogens is 376 g/mol. The molecule has 3 heterocycles. The second kappa shape index (κ2) is 7.74. The van der Waals surface area contributed by atoms with Crippen molar-refractivity contribution in [2.45, 2.75) is 53.5 Å². The number of benzene rings is 1. The zero-order valence-electron chi connectivity index (χ0n) is 18.7. The van der Waals surface area contributed by atoms with Crippen molar-refractivity contribution in [2.24, 2.45) is 7.05 Å². The van der Waals surface area contributed by atoms with E-state index in [1.165, 1.54) is 11.3 Å². The summed E-state index contributed by atoms with van der Waals surface area (Å²) in [7, 11) is 2.11. The SMILES string of the molecule is CCOC(=O)c1cnc2c(C)c(C)ccc2c1N1CCc2c(nc(C(C)C)n2C)C1. The summed E-state index contributed by atoms with van der Waals surface area (Å²) in [5, 5.41) is 0.993. The molecule has 1 aliphatic heterocycles. The predicted octanol–water partition coefficient (Wildman–Crippen LogP) is 4.45. The Morgan fingerprint density at radius 1 is 1.27 bits per heavy atom. The molecule has 0 saturated heterocycles. The van der Waals surface area contributed by atoms with Crippen LogP contribution in [0.4, 0.5) is 5.69 Å². The molecule has 0 saturated carbocycles. The number of fused-ring (bicyclic) bond motifs is 2. The number of aryl methyl sites for hydroxylation is 2. The number of hydrogen-bond donors (Lipinski definition) is 0. The standard InChI is InChI=1S/C24H30N4O2/c1-7-30-24(29)18-12-25-21-16(5)15(4)8-9-17(21)22(18)28-11-10-20-19(13-28)26-23(14(2)3)27(20)6/h8-9,12,14H,7,10-11,13H2,1-6H3. The molecule has 0 amide bonds. The van der Waals surface area contributed by atoms with Crippen LogP contribution in [0.15, 0.2) is 18.3 Å². The van der Waals surface area contributed by atoms with Crippen LogP contribution in [0.2, 0.25) is 0 Å². The maximum absolute atomic E-state index is 12.8. The fourth-order valence-electron chi connectivity index (χ4n) is 4.45. The number of nitrogens with zero attached hydrogens (tertiary/aromatic N) is 4. The van der Waals surface area contributed by atoms with Gasteiger partial charge in [-0.25, -0.2) is 9.78 Å². The summed E-state index contributed by atoms with van der Waals surface area (Å²) >= 11 is 0. The van der Waals surface area contributed by atoms with Crippen molar-refractivity contribution in [3.63, 3.8) is 0 Å². The van der Waals surface area contributed by atoms with E-state index in [-0.39, 0.29) is 5.97 Å². The molecule has 6 heteroatoms. The number of ether oxygens (including phenoxy) is 1. The molecule has 6 nitrogen and oxygen atoms in total. The van der Waals surface area contributed by atoms with Gasteiger partial charge in [-0.05, 0) is 31.9 Å². The van der Waals surface area contributed by atoms with Crippen molar-refractivity contribution in [1.29, 1.82) is 0 Å². The Hall–Kier alpha value is -2.89. The number of imidazole rings is 1. The van der Waals surface area contributed by atoms with Gasteiger partial charge in [-0.1, -0.05) is 26.0 Å². The van der Waals surface area contributed by atoms with Crippen LogP contribution in [0, 0.1) is 13.8 Å². The smallest absolute Gasteiger partial charge is 0.341 e. The topological polar surface area (TPSA) is 60.2 Å². The lowest BCUT2D eigenvalue weighted by Gasteiger charge is -2.31. The molecule has 1 aliphatic rings. The third kappa shape index (κ3) is 3.24. The summed E-state index contributed by atoms with van der Waals surface area (Å²) in [4.78, 5) is 24.6. The first-order chi connectivity index (χ1) is 14.3. The van der Waals surface area contributed by atoms with Crippen LogP contribution in [0.5, 0.6) is 0 Å². The van der Waals surface area contributed by atoms with E-state index in [0.29, 0.717) is 24.6 Å². The molecular formula is C24H30N4O2. The van der Waals surface area contributed by atoms with Crippen LogP contribution in [-0.4, -0.2) is 33.7 Å². The van der Waals surface area contributed by atoms with Gasteiger partial charge in [0.05, 0.1) is 30.0 Å². The van der Waals surface area contributed by atoms with E-state index in [0.717, 1.165) is 46.6 Å². The lowest BCUT2D eigenvalue weighted by atomic mass is 10.00. The highest BCUT2D eigenvalue weighted by molar-refractivity contribution is 6.06. The number of esters is 1. The third-order valence-corrected chi connectivity index (χ3v) is 6.15. The summed E-state index contributed by atoms with van der Waals surface area (Å²) in [6.45, 7) is 12.2. The van der Waals surface area contributed by atoms with Crippen LogP contribution in [0.3, 0.4) is 0 Å². The van der Waals surface area contributed by atoms with E-state index in [2.05, 4.69) is 61.3 Å². The normalized spacial score (nSPS) is 13.8. The number of carbonyl (C=O) groups is 1. The molecule has 30 heavy (non-hydrogen) atoms. The molecule has 0 atom stereocenters. The summed E-state index contributed by atoms with van der Waals surface area (Å²) in [6.07, 6.45) is 2.57. The number of aromatic nitrogens is 3. The molecule has 2 aromatic heterocycles. The molecule has 1 aromatic carbocycles. The zero-order valence-corrected chi connectivity index (χ0v) is 18.7. The van der Waals surface area contributed by atoms with E-state index in [1.807, 2.05) is 6.92 Å². The van der Waals surface area contributed by atoms with Crippen LogP contribution < -0.4 is 4.90 Å². The molecule has 0 aliphatic carbocycles. The summed E-state index contributed by atoms with van der Waals surface area (Å²) < 4.78 is 7.60. The van der Waals surface area contributed by atoms with Gasteiger partial charge in [0.2, 0.25) is 0 Å². The van der Waals surface area contributed by atoms with Crippen molar-refractivity contribution < 1.29 is 9.53 Å². The van der Waals surface area contributed by atoms with Crippen molar-refractivity contribution >= 4 is 22.6 Å². The van der Waals surface area contributed by atoms with Crippen molar-refractivity contribution in [3.8, 4) is 0 Å². The Balaban J connectivity index is 1.86. The van der Waals surface area contributed by atoms with E-state index >= 15 is 0 Å². The van der Waals surface area contributed by atoms with Crippen LogP contribution >= 0.6 is 0 Å². The highest BCUT2D eigenvalue weighted by atomic mass is 16.5. The van der Waals surface area contributed by atoms with E-state index < -0.39 is 0 Å². The molecule has 0 unspecified atom stereocenters. The first-order valence-electron chi connectivity index (χ1n) is 10.7. The molecule has 0 fully saturated rings. The molecule has 0 N–H and O–H groups in total. The highest BCUT2D eigenvalue weighted by Gasteiger charge is 2.28. The average molecular weight is 407 g/mol. The van der Waals surface area contributed by atoms with Gasteiger partial charge >= 0.3 is 5.97 Å². The Bertz CT molecular complexity index is 1130. The first-order valence-corrected chi connectivity index (χ1v) is 10.7. The molecule has 3 aromatic rings. The number of rotatable bonds is 4. The lowest BCUT2D eigenvalue weighted by Crippen LogP contribution is -2.32. The molecule has 0 radical (unpaired) electrons. The zero-order chi connectivity index (χ0) is 21.6. The highest BCUT2D eigenvalue weighted by Crippen LogP contribution is 2.36. The van der Waals surface area contributed by atoms with Gasteiger partial charge in [-0.15, -0.1) is 0 Å². The predicted molar refractivity (Wildman–Crippen MR) is 119 cm³/mol. The summed E-state index contributed by atoms with van der Waals surface area (Å²) in [5.41, 5.74) is 7.08. The number of pyridine rings is 1. The van der Waals surface area contributed by atoms with Crippen molar-refractivity contribution in [1.82, 2.24) is 14.5 Å². The Labute approximate surface area is 177 Å². The first kappa shape index (κ1) is 20.4. The quantitative estimate of drug-likeness (QED) is 0.599. The van der Waals surface area contributed by atoms with E-state index in [1.54, 1.807) is 6.20 Å². The monoisotopic (exact) mass is 406 g/mol. The van der Waals surface area contributed by atoms with Gasteiger partial charge in [0, 0.05) is 43.2 Å². The number of hydrogen-bond acceptors (Lipinski definition) is 5. The van der Waals surface area contributed by atoms with Gasteiger partial charge in [0.25, 0.3) is 0 Å². The molecule has 0 spiro atoms. The average Bonchev–Trinajstić information content (AvgIpc) is 3.06. The third-order valence-electron chi connectivity index (χ3n) is 6.15. The Morgan fingerprint density at radius 2 is 2.03 bits per heavy atom. The minimum absolute atomic E-state index is 0.324. The maximum Gasteiger partial charge on any atom is 0.341 e. The van der Waals surface area contributed by atoms with Gasteiger partial charge in [-0.2, -0.15) is 0 Å². The van der Waals surface area contributed by atoms with Crippen LogP contribution in [-0.2, 0) is 24.8 Å². The van der Waals surface area contributed by atoms with Gasteiger partial charge in [0.1, 0.15) is 11.4 Å². The van der Waals surface area contributed by atoms with Crippen molar-refractivity contribution in [2.75, 3.05) is 18.1 Å². The molecule has 158 valence electrons. The Kier molecular flexibility index (Phi) is 5.26. The van der Waals surface area contributed by atoms with Crippen molar-refractivity contribution in [3.05, 3.63) is 52.2 Å². The minimum atomic E-state index is -0.324. The van der Waals surface area contributed by atoms with E-state index in [4.69, 9.17) is 9.72 Å². The number of carbonyl (C=O) groups excluding carboxylic acids is 1. The van der Waals surface area contributed by atoms with Gasteiger partial charge < -0.3 is 14.2 Å². The Morgan fingerprint density at radius 3 is 2.73 bits per heavy atom. The largest absolute Gasteiger partial charge is 0.462 e. The molecule has 4 rings (SSSR count). The molecule has 0 bridgehead atoms.